The molecule has 3 saturated heterocycles. The molecule has 208 valence electrons. The van der Waals surface area contributed by atoms with Gasteiger partial charge in [-0.05, 0) is 58.8 Å². The second kappa shape index (κ2) is 11.7. The standard InChI is InChI=1S/C29H46N2O6/c1-8-11-12-13-17-36-27(35)23-22-25(33)31(21(18-32)20(6)10-3)24(26(34)30(16-9-2)19(4)5)29(22)15-14-28(23,7)37-29/h8-9,19-24,32H,1-2,10-18H2,3-7H3/t20-,21-,22-,23-,24?,28+,29?/m0/s1. The number of rotatable bonds is 14. The quantitative estimate of drug-likeness (QED) is 0.215. The van der Waals surface area contributed by atoms with Crippen molar-refractivity contribution in [1.29, 1.82) is 0 Å². The van der Waals surface area contributed by atoms with Crippen LogP contribution in [-0.4, -0.2) is 81.8 Å². The highest BCUT2D eigenvalue weighted by Gasteiger charge is 2.79. The molecule has 0 aliphatic carbocycles. The van der Waals surface area contributed by atoms with E-state index in [0.29, 0.717) is 25.8 Å². The number of fused-ring (bicyclic) bond motifs is 1. The van der Waals surface area contributed by atoms with Crippen LogP contribution in [0.25, 0.3) is 0 Å². The number of hydrogen-bond acceptors (Lipinski definition) is 6. The SMILES string of the molecule is C=CCCCCOC(=O)[C@@H]1[C@H]2C(=O)N([C@@H](CO)[C@@H](C)CC)C(C(=O)N(CC=C)C(C)C)C23CC[C@@]1(C)O3. The fraction of sp³-hybridized carbons (Fsp3) is 0.759. The molecule has 37 heavy (non-hydrogen) atoms. The number of unbranched alkanes of at least 4 members (excludes halogenated alkanes) is 2. The Labute approximate surface area is 222 Å². The van der Waals surface area contributed by atoms with E-state index >= 15 is 0 Å². The number of ether oxygens (including phenoxy) is 2. The van der Waals surface area contributed by atoms with Crippen molar-refractivity contribution in [3.63, 3.8) is 0 Å². The average Bonchev–Trinajstić information content (AvgIpc) is 3.43. The van der Waals surface area contributed by atoms with Crippen molar-refractivity contribution in [3.05, 3.63) is 25.3 Å². The first-order valence-corrected chi connectivity index (χ1v) is 13.9. The number of carbonyl (C=O) groups is 3. The number of esters is 1. The van der Waals surface area contributed by atoms with Crippen molar-refractivity contribution in [2.75, 3.05) is 19.8 Å². The molecule has 0 radical (unpaired) electrons. The first-order chi connectivity index (χ1) is 17.5. The van der Waals surface area contributed by atoms with Crippen molar-refractivity contribution in [2.45, 2.75) is 102 Å². The second-order valence-electron chi connectivity index (χ2n) is 11.4. The van der Waals surface area contributed by atoms with Gasteiger partial charge in [0.05, 0.1) is 30.8 Å². The molecule has 0 aromatic carbocycles. The summed E-state index contributed by atoms with van der Waals surface area (Å²) in [5, 5.41) is 10.4. The van der Waals surface area contributed by atoms with Gasteiger partial charge in [-0.3, -0.25) is 14.4 Å². The summed E-state index contributed by atoms with van der Waals surface area (Å²) in [6, 6.07) is -1.61. The molecule has 3 aliphatic rings. The van der Waals surface area contributed by atoms with E-state index < -0.39 is 41.1 Å². The minimum absolute atomic E-state index is 0.0468. The summed E-state index contributed by atoms with van der Waals surface area (Å²) in [5.74, 6) is -2.63. The summed E-state index contributed by atoms with van der Waals surface area (Å²) >= 11 is 0. The molecule has 3 rings (SSSR count). The molecule has 2 bridgehead atoms. The molecule has 8 heteroatoms. The third kappa shape index (κ3) is 4.99. The molecule has 7 atom stereocenters. The second-order valence-corrected chi connectivity index (χ2v) is 11.4. The lowest BCUT2D eigenvalue weighted by Crippen LogP contribution is -2.60. The van der Waals surface area contributed by atoms with Crippen LogP contribution in [0.4, 0.5) is 0 Å². The Bertz CT molecular complexity index is 890. The molecule has 3 heterocycles. The Morgan fingerprint density at radius 1 is 1.24 bits per heavy atom. The summed E-state index contributed by atoms with van der Waals surface area (Å²) < 4.78 is 12.3. The van der Waals surface area contributed by atoms with Crippen LogP contribution in [0.2, 0.25) is 0 Å². The maximum atomic E-state index is 14.3. The highest BCUT2D eigenvalue weighted by Crippen LogP contribution is 2.64. The van der Waals surface area contributed by atoms with E-state index in [4.69, 9.17) is 9.47 Å². The number of likely N-dealkylation sites (tertiary alicyclic amines) is 1. The molecule has 0 saturated carbocycles. The van der Waals surface area contributed by atoms with Crippen molar-refractivity contribution >= 4 is 17.8 Å². The molecule has 1 spiro atoms. The Hall–Kier alpha value is -2.19. The van der Waals surface area contributed by atoms with E-state index in [1.165, 1.54) is 0 Å². The molecule has 2 unspecified atom stereocenters. The summed E-state index contributed by atoms with van der Waals surface area (Å²) in [7, 11) is 0. The highest BCUT2D eigenvalue weighted by atomic mass is 16.6. The largest absolute Gasteiger partial charge is 0.465 e. The molecule has 3 fully saturated rings. The van der Waals surface area contributed by atoms with Gasteiger partial charge in [-0.25, -0.2) is 0 Å². The fourth-order valence-electron chi connectivity index (χ4n) is 6.68. The number of aliphatic hydroxyl groups is 1. The monoisotopic (exact) mass is 518 g/mol. The Balaban J connectivity index is 2.04. The maximum Gasteiger partial charge on any atom is 0.312 e. The third-order valence-electron chi connectivity index (χ3n) is 8.83. The Morgan fingerprint density at radius 2 is 1.95 bits per heavy atom. The van der Waals surface area contributed by atoms with Crippen LogP contribution in [0.5, 0.6) is 0 Å². The van der Waals surface area contributed by atoms with Crippen molar-refractivity contribution < 1.29 is 29.0 Å². The predicted octanol–water partition coefficient (Wildman–Crippen LogP) is 3.48. The molecule has 0 aromatic rings. The average molecular weight is 519 g/mol. The van der Waals surface area contributed by atoms with E-state index in [1.807, 2.05) is 40.7 Å². The first kappa shape index (κ1) is 29.4. The van der Waals surface area contributed by atoms with Gasteiger partial charge in [0.1, 0.15) is 17.6 Å². The summed E-state index contributed by atoms with van der Waals surface area (Å²) in [5.41, 5.74) is -2.01. The molecule has 3 aliphatic heterocycles. The van der Waals surface area contributed by atoms with Crippen LogP contribution in [0, 0.1) is 17.8 Å². The van der Waals surface area contributed by atoms with Crippen LogP contribution >= 0.6 is 0 Å². The van der Waals surface area contributed by atoms with Gasteiger partial charge in [0.15, 0.2) is 0 Å². The van der Waals surface area contributed by atoms with Gasteiger partial charge in [0, 0.05) is 12.6 Å². The van der Waals surface area contributed by atoms with Gasteiger partial charge >= 0.3 is 5.97 Å². The lowest BCUT2D eigenvalue weighted by atomic mass is 9.66. The zero-order valence-corrected chi connectivity index (χ0v) is 23.3. The Morgan fingerprint density at radius 3 is 2.51 bits per heavy atom. The van der Waals surface area contributed by atoms with E-state index in [1.54, 1.807) is 15.9 Å². The summed E-state index contributed by atoms with van der Waals surface area (Å²) in [6.45, 7) is 17.5. The summed E-state index contributed by atoms with van der Waals surface area (Å²) in [6.07, 6.45) is 7.71. The minimum atomic E-state index is -1.13. The third-order valence-corrected chi connectivity index (χ3v) is 8.83. The zero-order valence-electron chi connectivity index (χ0n) is 23.3. The molecule has 2 amide bonds. The normalized spacial score (nSPS) is 31.8. The van der Waals surface area contributed by atoms with Crippen LogP contribution in [0.3, 0.4) is 0 Å². The minimum Gasteiger partial charge on any atom is -0.465 e. The smallest absolute Gasteiger partial charge is 0.312 e. The number of nitrogens with zero attached hydrogens (tertiary/aromatic N) is 2. The van der Waals surface area contributed by atoms with Crippen molar-refractivity contribution in [3.8, 4) is 0 Å². The van der Waals surface area contributed by atoms with Gasteiger partial charge in [0.25, 0.3) is 0 Å². The lowest BCUT2D eigenvalue weighted by Gasteiger charge is -2.42. The van der Waals surface area contributed by atoms with Crippen LogP contribution in [0.15, 0.2) is 25.3 Å². The molecular weight excluding hydrogens is 472 g/mol. The van der Waals surface area contributed by atoms with Gasteiger partial charge in [-0.1, -0.05) is 32.4 Å². The number of hydrogen-bond donors (Lipinski definition) is 1. The van der Waals surface area contributed by atoms with Crippen molar-refractivity contribution in [2.24, 2.45) is 17.8 Å². The molecule has 1 N–H and O–H groups in total. The van der Waals surface area contributed by atoms with Crippen molar-refractivity contribution in [1.82, 2.24) is 9.80 Å². The van der Waals surface area contributed by atoms with E-state index in [-0.39, 0.29) is 37.0 Å². The van der Waals surface area contributed by atoms with Crippen LogP contribution in [0.1, 0.15) is 73.1 Å². The predicted molar refractivity (Wildman–Crippen MR) is 141 cm³/mol. The highest BCUT2D eigenvalue weighted by molar-refractivity contribution is 5.98. The molecule has 0 aromatic heterocycles. The van der Waals surface area contributed by atoms with Crippen LogP contribution in [-0.2, 0) is 23.9 Å². The van der Waals surface area contributed by atoms with Gasteiger partial charge in [0.2, 0.25) is 11.8 Å². The number of aliphatic hydroxyl groups excluding tert-OH is 1. The van der Waals surface area contributed by atoms with E-state index in [9.17, 15) is 19.5 Å². The number of carbonyl (C=O) groups excluding carboxylic acids is 3. The molecular formula is C29H46N2O6. The van der Waals surface area contributed by atoms with Gasteiger partial charge in [-0.15, -0.1) is 13.2 Å². The van der Waals surface area contributed by atoms with Gasteiger partial charge in [-0.2, -0.15) is 0 Å². The van der Waals surface area contributed by atoms with Gasteiger partial charge < -0.3 is 24.4 Å². The Kier molecular flexibility index (Phi) is 9.27. The van der Waals surface area contributed by atoms with E-state index in [0.717, 1.165) is 19.3 Å². The summed E-state index contributed by atoms with van der Waals surface area (Å²) in [4.78, 5) is 45.2. The topological polar surface area (TPSA) is 96.4 Å². The lowest BCUT2D eigenvalue weighted by molar-refractivity contribution is -0.163. The number of allylic oxidation sites excluding steroid dienone is 1. The maximum absolute atomic E-state index is 14.3. The first-order valence-electron chi connectivity index (χ1n) is 13.9. The van der Waals surface area contributed by atoms with E-state index in [2.05, 4.69) is 13.2 Å². The zero-order chi connectivity index (χ0) is 27.5. The fourth-order valence-corrected chi connectivity index (χ4v) is 6.68. The molecule has 8 nitrogen and oxygen atoms in total. The number of amides is 2. The van der Waals surface area contributed by atoms with Crippen LogP contribution < -0.4 is 0 Å².